The van der Waals surface area contributed by atoms with Gasteiger partial charge in [0.2, 0.25) is 5.91 Å². The van der Waals surface area contributed by atoms with Crippen LogP contribution in [0, 0.1) is 0 Å². The van der Waals surface area contributed by atoms with Crippen LogP contribution < -0.4 is 5.32 Å². The zero-order valence-electron chi connectivity index (χ0n) is 51.5. The Morgan fingerprint density at radius 2 is 0.790 bits per heavy atom. The van der Waals surface area contributed by atoms with Crippen LogP contribution in [0.25, 0.3) is 0 Å². The fourth-order valence-electron chi connectivity index (χ4n) is 11.2. The van der Waals surface area contributed by atoms with E-state index in [4.69, 9.17) is 18.9 Å². The van der Waals surface area contributed by atoms with Gasteiger partial charge in [-0.05, 0) is 44.9 Å². The van der Waals surface area contributed by atoms with Crippen LogP contribution >= 0.6 is 0 Å². The molecule has 0 aliphatic carbocycles. The van der Waals surface area contributed by atoms with E-state index < -0.39 is 86.8 Å². The molecule has 2 aliphatic rings. The minimum Gasteiger partial charge on any atom is -0.394 e. The van der Waals surface area contributed by atoms with Crippen molar-refractivity contribution in [1.29, 1.82) is 0 Å². The molecular weight excluding hydrogens is 1030 g/mol. The molecule has 476 valence electrons. The summed E-state index contributed by atoms with van der Waals surface area (Å²) in [5.74, 6) is -0.248. The van der Waals surface area contributed by atoms with Crippen LogP contribution in [0.1, 0.15) is 290 Å². The molecule has 1 amide bonds. The monoisotopic (exact) mass is 1150 g/mol. The van der Waals surface area contributed by atoms with Gasteiger partial charge in [0, 0.05) is 6.42 Å². The average Bonchev–Trinajstić information content (AvgIpc) is 3.48. The molecule has 2 fully saturated rings. The maximum absolute atomic E-state index is 13.3. The molecule has 0 aromatic rings. The van der Waals surface area contributed by atoms with E-state index in [1.807, 2.05) is 6.08 Å². The predicted octanol–water partition coefficient (Wildman–Crippen LogP) is 13.0. The Balaban J connectivity index is 1.68. The van der Waals surface area contributed by atoms with E-state index in [9.17, 15) is 45.6 Å². The van der Waals surface area contributed by atoms with Crippen molar-refractivity contribution in [2.45, 2.75) is 364 Å². The third kappa shape index (κ3) is 37.4. The molecule has 12 unspecified atom stereocenters. The van der Waals surface area contributed by atoms with Crippen molar-refractivity contribution < 1.29 is 64.6 Å². The number of carbonyl (C=O) groups excluding carboxylic acids is 1. The first-order chi connectivity index (χ1) is 39.6. The van der Waals surface area contributed by atoms with Crippen molar-refractivity contribution in [3.05, 3.63) is 36.5 Å². The summed E-state index contributed by atoms with van der Waals surface area (Å²) in [5.41, 5.74) is 0. The molecule has 0 aromatic heterocycles. The second kappa shape index (κ2) is 52.5. The molecule has 2 rings (SSSR count). The molecule has 12 atom stereocenters. The Kier molecular flexibility index (Phi) is 48.8. The van der Waals surface area contributed by atoms with Gasteiger partial charge in [-0.3, -0.25) is 4.79 Å². The van der Waals surface area contributed by atoms with Gasteiger partial charge in [0.1, 0.15) is 48.8 Å². The van der Waals surface area contributed by atoms with E-state index in [1.54, 1.807) is 6.08 Å². The first-order valence-electron chi connectivity index (χ1n) is 33.7. The van der Waals surface area contributed by atoms with E-state index in [2.05, 4.69) is 43.5 Å². The second-order valence-corrected chi connectivity index (χ2v) is 23.9. The maximum atomic E-state index is 13.3. The molecule has 2 aliphatic heterocycles. The number of rotatable bonds is 55. The van der Waals surface area contributed by atoms with Gasteiger partial charge >= 0.3 is 0 Å². The summed E-state index contributed by atoms with van der Waals surface area (Å²) in [5, 5.41) is 87.2. The molecule has 81 heavy (non-hydrogen) atoms. The summed E-state index contributed by atoms with van der Waals surface area (Å²) < 4.78 is 22.8. The fraction of sp³-hybridized carbons (Fsp3) is 0.896. The number of hydrogen-bond donors (Lipinski definition) is 9. The highest BCUT2D eigenvalue weighted by atomic mass is 16.7. The van der Waals surface area contributed by atoms with E-state index in [1.165, 1.54) is 212 Å². The van der Waals surface area contributed by atoms with Gasteiger partial charge in [0.25, 0.3) is 0 Å². The molecule has 14 nitrogen and oxygen atoms in total. The summed E-state index contributed by atoms with van der Waals surface area (Å²) in [6.45, 7) is 2.81. The lowest BCUT2D eigenvalue weighted by molar-refractivity contribution is -0.359. The Morgan fingerprint density at radius 3 is 1.21 bits per heavy atom. The summed E-state index contributed by atoms with van der Waals surface area (Å²) in [4.78, 5) is 13.3. The number of aliphatic hydroxyl groups is 8. The van der Waals surface area contributed by atoms with Crippen molar-refractivity contribution in [2.24, 2.45) is 0 Å². The van der Waals surface area contributed by atoms with Crippen LogP contribution in [0.5, 0.6) is 0 Å². The zero-order valence-corrected chi connectivity index (χ0v) is 51.5. The predicted molar refractivity (Wildman–Crippen MR) is 328 cm³/mol. The molecule has 2 saturated heterocycles. The van der Waals surface area contributed by atoms with Crippen molar-refractivity contribution in [1.82, 2.24) is 5.32 Å². The van der Waals surface area contributed by atoms with Gasteiger partial charge in [-0.2, -0.15) is 0 Å². The van der Waals surface area contributed by atoms with Crippen LogP contribution in [-0.2, 0) is 23.7 Å². The third-order valence-electron chi connectivity index (χ3n) is 16.6. The minimum atomic E-state index is -1.79. The van der Waals surface area contributed by atoms with Gasteiger partial charge < -0.3 is 65.1 Å². The molecule has 0 bridgehead atoms. The summed E-state index contributed by atoms with van der Waals surface area (Å²) in [6, 6.07) is -0.936. The zero-order chi connectivity index (χ0) is 58.8. The van der Waals surface area contributed by atoms with Gasteiger partial charge in [-0.1, -0.05) is 275 Å². The highest BCUT2D eigenvalue weighted by Crippen LogP contribution is 2.30. The topological polar surface area (TPSA) is 228 Å². The number of nitrogens with one attached hydrogen (secondary N) is 1. The number of aliphatic hydroxyl groups excluding tert-OH is 8. The number of ether oxygens (including phenoxy) is 4. The molecule has 0 spiro atoms. The maximum Gasteiger partial charge on any atom is 0.220 e. The smallest absolute Gasteiger partial charge is 0.220 e. The molecule has 2 heterocycles. The lowest BCUT2D eigenvalue weighted by atomic mass is 9.97. The molecule has 14 heteroatoms. The largest absolute Gasteiger partial charge is 0.394 e. The Hall–Kier alpha value is -1.79. The highest BCUT2D eigenvalue weighted by Gasteiger charge is 2.51. The Morgan fingerprint density at radius 1 is 0.432 bits per heavy atom. The van der Waals surface area contributed by atoms with Crippen LogP contribution in [0.2, 0.25) is 0 Å². The first kappa shape index (κ1) is 75.3. The number of unbranched alkanes of at least 4 members (excludes halogenated alkanes) is 38. The molecule has 0 aromatic carbocycles. The summed E-state index contributed by atoms with van der Waals surface area (Å²) in [6.07, 6.45) is 49.2. The Bertz CT molecular complexity index is 1500. The molecule has 0 radical (unpaired) electrons. The SMILES string of the molecule is CCCCCCCCCC/C=C/CC/C=C/CC/C=C/C(O)C(COC1OC(CO)C(OC2OC(CO)C(O)C(O)C2O)C(O)C1O)NC(=O)CCCCCCCCCCCCCCCCCCCCCCCCCCCCCCC. The number of carbonyl (C=O) groups is 1. The number of allylic oxidation sites excluding steroid dienone is 5. The van der Waals surface area contributed by atoms with Crippen molar-refractivity contribution >= 4 is 5.91 Å². The molecular formula is C67H125NO13. The second-order valence-electron chi connectivity index (χ2n) is 23.9. The quantitative estimate of drug-likeness (QED) is 0.0204. The van der Waals surface area contributed by atoms with E-state index in [-0.39, 0.29) is 18.9 Å². The van der Waals surface area contributed by atoms with Gasteiger partial charge in [0.15, 0.2) is 12.6 Å². The standard InChI is InChI=1S/C67H125NO13/c1-3-5-7-9-11-13-15-17-19-21-23-24-25-26-27-28-29-30-31-32-33-35-37-39-41-43-45-47-49-51-59(72)68-55(56(71)50-48-46-44-42-40-38-36-34-22-20-18-16-14-12-10-8-6-4-2)54-78-66-64(77)62(75)65(58(53-70)80-66)81-67-63(76)61(74)60(73)57(52-69)79-67/h22,34,40,42,48,50,55-58,60-67,69-71,73-77H,3-21,23-33,35-39,41,43-47,49,51-54H2,1-2H3,(H,68,72)/b34-22+,42-40+,50-48+. The number of amides is 1. The highest BCUT2D eigenvalue weighted by molar-refractivity contribution is 5.76. The fourth-order valence-corrected chi connectivity index (χ4v) is 11.2. The normalized spacial score (nSPS) is 24.3. The van der Waals surface area contributed by atoms with Gasteiger partial charge in [-0.15, -0.1) is 0 Å². The Labute approximate surface area is 493 Å². The first-order valence-corrected chi connectivity index (χ1v) is 33.7. The molecule has 0 saturated carbocycles. The lowest BCUT2D eigenvalue weighted by Gasteiger charge is -2.46. The van der Waals surface area contributed by atoms with Gasteiger partial charge in [-0.25, -0.2) is 0 Å². The van der Waals surface area contributed by atoms with Crippen LogP contribution in [-0.4, -0.2) is 140 Å². The van der Waals surface area contributed by atoms with E-state index >= 15 is 0 Å². The third-order valence-corrected chi connectivity index (χ3v) is 16.6. The van der Waals surface area contributed by atoms with Crippen molar-refractivity contribution in [3.8, 4) is 0 Å². The summed E-state index contributed by atoms with van der Waals surface area (Å²) in [7, 11) is 0. The van der Waals surface area contributed by atoms with E-state index in [0.717, 1.165) is 44.9 Å². The van der Waals surface area contributed by atoms with Crippen LogP contribution in [0.15, 0.2) is 36.5 Å². The van der Waals surface area contributed by atoms with Crippen LogP contribution in [0.4, 0.5) is 0 Å². The number of hydrogen-bond acceptors (Lipinski definition) is 13. The van der Waals surface area contributed by atoms with Crippen molar-refractivity contribution in [3.63, 3.8) is 0 Å². The van der Waals surface area contributed by atoms with Crippen LogP contribution in [0.3, 0.4) is 0 Å². The average molecular weight is 1150 g/mol. The minimum absolute atomic E-state index is 0.248. The van der Waals surface area contributed by atoms with Gasteiger partial charge in [0.05, 0.1) is 32.0 Å². The lowest BCUT2D eigenvalue weighted by Crippen LogP contribution is -2.65. The molecule has 9 N–H and O–H groups in total. The van der Waals surface area contributed by atoms with E-state index in [0.29, 0.717) is 12.8 Å². The summed E-state index contributed by atoms with van der Waals surface area (Å²) >= 11 is 0. The van der Waals surface area contributed by atoms with Crippen molar-refractivity contribution in [2.75, 3.05) is 19.8 Å².